The van der Waals surface area contributed by atoms with Gasteiger partial charge >= 0.3 is 0 Å². The summed E-state index contributed by atoms with van der Waals surface area (Å²) < 4.78 is 34.2. The van der Waals surface area contributed by atoms with Crippen molar-refractivity contribution in [2.45, 2.75) is 37.4 Å². The van der Waals surface area contributed by atoms with E-state index in [1.54, 1.807) is 12.1 Å². The highest BCUT2D eigenvalue weighted by atomic mass is 32.2. The Morgan fingerprint density at radius 3 is 1.89 bits per heavy atom. The van der Waals surface area contributed by atoms with Gasteiger partial charge in [-0.05, 0) is 23.1 Å². The molecule has 0 saturated heterocycles. The summed E-state index contributed by atoms with van der Waals surface area (Å²) in [5.74, 6) is -0.186. The highest BCUT2D eigenvalue weighted by Gasteiger charge is 2.22. The second-order valence-electron chi connectivity index (χ2n) is 5.46. The lowest BCUT2D eigenvalue weighted by Crippen LogP contribution is -2.24. The molecule has 0 bridgehead atoms. The van der Waals surface area contributed by atoms with Gasteiger partial charge in [0.1, 0.15) is 5.75 Å². The molecule has 0 atom stereocenters. The standard InChI is InChI=1S/C14H22O4S/c1-14(2,3)11-6-8-12(9-7-11)19(15,16)10-13(17-4)18-5/h6-9,13H,10H2,1-5H3. The van der Waals surface area contributed by atoms with Gasteiger partial charge in [-0.3, -0.25) is 0 Å². The third-order valence-corrected chi connectivity index (χ3v) is 4.66. The summed E-state index contributed by atoms with van der Waals surface area (Å²) in [6.07, 6.45) is -0.743. The summed E-state index contributed by atoms with van der Waals surface area (Å²) >= 11 is 0. The molecule has 0 saturated carbocycles. The van der Waals surface area contributed by atoms with E-state index < -0.39 is 16.1 Å². The van der Waals surface area contributed by atoms with Crippen LogP contribution in [0.4, 0.5) is 0 Å². The molecule has 0 aromatic heterocycles. The number of methoxy groups -OCH3 is 2. The van der Waals surface area contributed by atoms with Crippen LogP contribution in [0.3, 0.4) is 0 Å². The van der Waals surface area contributed by atoms with Crippen LogP contribution in [0, 0.1) is 0 Å². The molecule has 0 radical (unpaired) electrons. The first-order valence-electron chi connectivity index (χ1n) is 6.09. The highest BCUT2D eigenvalue weighted by molar-refractivity contribution is 7.91. The molecule has 0 aliphatic carbocycles. The fourth-order valence-corrected chi connectivity index (χ4v) is 3.04. The van der Waals surface area contributed by atoms with Gasteiger partial charge in [0.2, 0.25) is 0 Å². The Labute approximate surface area is 115 Å². The lowest BCUT2D eigenvalue weighted by Gasteiger charge is -2.19. The molecule has 0 aliphatic rings. The number of ether oxygens (including phenoxy) is 2. The Bertz CT molecular complexity index is 493. The summed E-state index contributed by atoms with van der Waals surface area (Å²) in [4.78, 5) is 0.291. The summed E-state index contributed by atoms with van der Waals surface area (Å²) in [6.45, 7) is 6.26. The van der Waals surface area contributed by atoms with Crippen LogP contribution < -0.4 is 0 Å². The lowest BCUT2D eigenvalue weighted by atomic mass is 9.87. The van der Waals surface area contributed by atoms with Crippen molar-refractivity contribution >= 4 is 9.84 Å². The van der Waals surface area contributed by atoms with Gasteiger partial charge in [0.05, 0.1) is 4.90 Å². The minimum absolute atomic E-state index is 0.00386. The second kappa shape index (κ2) is 6.03. The Morgan fingerprint density at radius 2 is 1.53 bits per heavy atom. The van der Waals surface area contributed by atoms with Gasteiger partial charge in [0, 0.05) is 14.2 Å². The number of hydrogen-bond donors (Lipinski definition) is 0. The van der Waals surface area contributed by atoms with E-state index in [-0.39, 0.29) is 11.2 Å². The predicted octanol–water partition coefficient (Wildman–Crippen LogP) is 2.38. The van der Waals surface area contributed by atoms with E-state index in [0.717, 1.165) is 5.56 Å². The number of rotatable bonds is 5. The first-order valence-corrected chi connectivity index (χ1v) is 7.75. The molecule has 1 aromatic rings. The molecule has 1 rings (SSSR count). The molecule has 1 aromatic carbocycles. The second-order valence-corrected chi connectivity index (χ2v) is 7.49. The SMILES string of the molecule is COC(CS(=O)(=O)c1ccc(C(C)(C)C)cc1)OC. The minimum Gasteiger partial charge on any atom is -0.355 e. The average Bonchev–Trinajstić information content (AvgIpc) is 2.35. The van der Waals surface area contributed by atoms with E-state index in [0.29, 0.717) is 4.90 Å². The van der Waals surface area contributed by atoms with Crippen LogP contribution in [0.15, 0.2) is 29.2 Å². The van der Waals surface area contributed by atoms with E-state index in [1.807, 2.05) is 12.1 Å². The average molecular weight is 286 g/mol. The summed E-state index contributed by atoms with van der Waals surface area (Å²) in [7, 11) is -0.550. The Kier molecular flexibility index (Phi) is 5.12. The molecule has 0 unspecified atom stereocenters. The molecule has 108 valence electrons. The van der Waals surface area contributed by atoms with Crippen LogP contribution in [0.2, 0.25) is 0 Å². The van der Waals surface area contributed by atoms with Crippen LogP contribution in [0.25, 0.3) is 0 Å². The molecule has 4 nitrogen and oxygen atoms in total. The molecular weight excluding hydrogens is 264 g/mol. The lowest BCUT2D eigenvalue weighted by molar-refractivity contribution is -0.0851. The highest BCUT2D eigenvalue weighted by Crippen LogP contribution is 2.24. The third-order valence-electron chi connectivity index (χ3n) is 2.96. The molecule has 0 N–H and O–H groups in total. The van der Waals surface area contributed by atoms with Crippen LogP contribution in [-0.2, 0) is 24.7 Å². The fourth-order valence-electron chi connectivity index (χ4n) is 1.67. The largest absolute Gasteiger partial charge is 0.355 e. The number of hydrogen-bond acceptors (Lipinski definition) is 4. The fraction of sp³-hybridized carbons (Fsp3) is 0.571. The zero-order valence-electron chi connectivity index (χ0n) is 12.1. The number of sulfone groups is 1. The Balaban J connectivity index is 2.97. The van der Waals surface area contributed by atoms with Crippen molar-refractivity contribution in [1.29, 1.82) is 0 Å². The first kappa shape index (κ1) is 16.1. The molecule has 0 heterocycles. The smallest absolute Gasteiger partial charge is 0.183 e. The quantitative estimate of drug-likeness (QED) is 0.780. The number of benzene rings is 1. The van der Waals surface area contributed by atoms with Gasteiger partial charge in [-0.15, -0.1) is 0 Å². The van der Waals surface area contributed by atoms with Crippen molar-refractivity contribution in [3.63, 3.8) is 0 Å². The first-order chi connectivity index (χ1) is 8.70. The molecule has 0 aliphatic heterocycles. The topological polar surface area (TPSA) is 52.6 Å². The van der Waals surface area contributed by atoms with E-state index >= 15 is 0 Å². The maximum absolute atomic E-state index is 12.2. The molecule has 19 heavy (non-hydrogen) atoms. The molecule has 5 heteroatoms. The van der Waals surface area contributed by atoms with Crippen molar-refractivity contribution in [3.8, 4) is 0 Å². The van der Waals surface area contributed by atoms with Gasteiger partial charge < -0.3 is 9.47 Å². The van der Waals surface area contributed by atoms with Crippen LogP contribution in [0.5, 0.6) is 0 Å². The Hall–Kier alpha value is -0.910. The van der Waals surface area contributed by atoms with Crippen LogP contribution in [0.1, 0.15) is 26.3 Å². The summed E-state index contributed by atoms with van der Waals surface area (Å²) in [5.41, 5.74) is 1.10. The minimum atomic E-state index is -3.40. The van der Waals surface area contributed by atoms with Gasteiger partial charge in [0.15, 0.2) is 16.1 Å². The predicted molar refractivity (Wildman–Crippen MR) is 75.0 cm³/mol. The van der Waals surface area contributed by atoms with Crippen LogP contribution in [-0.4, -0.2) is 34.7 Å². The van der Waals surface area contributed by atoms with Crippen LogP contribution >= 0.6 is 0 Å². The van der Waals surface area contributed by atoms with E-state index in [1.165, 1.54) is 14.2 Å². The molecular formula is C14H22O4S. The molecule has 0 spiro atoms. The van der Waals surface area contributed by atoms with E-state index in [9.17, 15) is 8.42 Å². The molecule has 0 fully saturated rings. The van der Waals surface area contributed by atoms with Crippen molar-refractivity contribution in [1.82, 2.24) is 0 Å². The van der Waals surface area contributed by atoms with E-state index in [4.69, 9.17) is 9.47 Å². The zero-order valence-corrected chi connectivity index (χ0v) is 13.0. The van der Waals surface area contributed by atoms with Crippen molar-refractivity contribution in [3.05, 3.63) is 29.8 Å². The summed E-state index contributed by atoms with van der Waals surface area (Å²) in [6, 6.07) is 6.97. The van der Waals surface area contributed by atoms with Gasteiger partial charge in [-0.1, -0.05) is 32.9 Å². The van der Waals surface area contributed by atoms with Crippen molar-refractivity contribution in [2.24, 2.45) is 0 Å². The monoisotopic (exact) mass is 286 g/mol. The third kappa shape index (κ3) is 4.30. The van der Waals surface area contributed by atoms with E-state index in [2.05, 4.69) is 20.8 Å². The van der Waals surface area contributed by atoms with Gasteiger partial charge in [0.25, 0.3) is 0 Å². The maximum atomic E-state index is 12.2. The zero-order chi connectivity index (χ0) is 14.7. The molecule has 0 amide bonds. The van der Waals surface area contributed by atoms with Crippen molar-refractivity contribution in [2.75, 3.05) is 20.0 Å². The normalized spacial score (nSPS) is 12.9. The Morgan fingerprint density at radius 1 is 1.05 bits per heavy atom. The van der Waals surface area contributed by atoms with Gasteiger partial charge in [-0.2, -0.15) is 0 Å². The van der Waals surface area contributed by atoms with Crippen molar-refractivity contribution < 1.29 is 17.9 Å². The van der Waals surface area contributed by atoms with Gasteiger partial charge in [-0.25, -0.2) is 8.42 Å². The maximum Gasteiger partial charge on any atom is 0.183 e. The summed E-state index contributed by atoms with van der Waals surface area (Å²) in [5, 5.41) is 0.